The van der Waals surface area contributed by atoms with Crippen LogP contribution in [0.1, 0.15) is 28.0 Å². The number of benzene rings is 1. The number of halogens is 1. The lowest BCUT2D eigenvalue weighted by atomic mass is 10.1. The summed E-state index contributed by atoms with van der Waals surface area (Å²) in [5.74, 6) is -1.46. The van der Waals surface area contributed by atoms with Gasteiger partial charge in [-0.2, -0.15) is 0 Å². The molecule has 2 rings (SSSR count). The number of nitrogens with zero attached hydrogens (tertiary/aromatic N) is 1. The van der Waals surface area contributed by atoms with Crippen molar-refractivity contribution in [2.75, 3.05) is 0 Å². The first-order chi connectivity index (χ1) is 8.52. The fourth-order valence-corrected chi connectivity index (χ4v) is 2.76. The normalized spacial score (nSPS) is 10.6. The van der Waals surface area contributed by atoms with Gasteiger partial charge in [-0.1, -0.05) is 13.0 Å². The first-order valence-electron chi connectivity index (χ1n) is 5.52. The number of aryl methyl sites for hydroxylation is 2. The maximum absolute atomic E-state index is 13.3. The molecule has 0 unspecified atom stereocenters. The standard InChI is InChI=1S/C13H12FNO2S/c1-3-10-15-11(13(16)17)12(18-10)9-6-8(14)5-4-7(9)2/h4-6H,3H2,1-2H3,(H,16,17). The van der Waals surface area contributed by atoms with Crippen LogP contribution in [0.5, 0.6) is 0 Å². The summed E-state index contributed by atoms with van der Waals surface area (Å²) in [5.41, 5.74) is 1.44. The maximum Gasteiger partial charge on any atom is 0.356 e. The van der Waals surface area contributed by atoms with Crippen LogP contribution in [0, 0.1) is 12.7 Å². The Labute approximate surface area is 108 Å². The highest BCUT2D eigenvalue weighted by Gasteiger charge is 2.19. The zero-order chi connectivity index (χ0) is 13.3. The molecule has 0 aliphatic heterocycles. The Hall–Kier alpha value is -1.75. The Bertz CT molecular complexity index is 607. The SMILES string of the molecule is CCc1nc(C(=O)O)c(-c2cc(F)ccc2C)s1. The molecular formula is C13H12FNO2S. The molecule has 0 saturated carbocycles. The summed E-state index contributed by atoms with van der Waals surface area (Å²) in [6.07, 6.45) is 0.666. The second-order valence-electron chi connectivity index (χ2n) is 3.90. The number of hydrogen-bond donors (Lipinski definition) is 1. The minimum Gasteiger partial charge on any atom is -0.476 e. The summed E-state index contributed by atoms with van der Waals surface area (Å²) in [6, 6.07) is 4.36. The molecule has 94 valence electrons. The molecule has 0 fully saturated rings. The second-order valence-corrected chi connectivity index (χ2v) is 4.99. The second kappa shape index (κ2) is 4.86. The number of aromatic nitrogens is 1. The summed E-state index contributed by atoms with van der Waals surface area (Å²) >= 11 is 1.31. The van der Waals surface area contributed by atoms with Gasteiger partial charge in [-0.3, -0.25) is 0 Å². The highest BCUT2D eigenvalue weighted by atomic mass is 32.1. The van der Waals surface area contributed by atoms with E-state index >= 15 is 0 Å². The number of carbonyl (C=O) groups is 1. The van der Waals surface area contributed by atoms with Gasteiger partial charge in [0.1, 0.15) is 5.82 Å². The van der Waals surface area contributed by atoms with Crippen molar-refractivity contribution in [3.8, 4) is 10.4 Å². The molecule has 0 amide bonds. The molecule has 2 aromatic rings. The van der Waals surface area contributed by atoms with Gasteiger partial charge in [0.2, 0.25) is 0 Å². The Balaban J connectivity index is 2.65. The van der Waals surface area contributed by atoms with Crippen molar-refractivity contribution in [2.45, 2.75) is 20.3 Å². The minimum absolute atomic E-state index is 0.00514. The molecule has 1 N–H and O–H groups in total. The Morgan fingerprint density at radius 3 is 2.83 bits per heavy atom. The van der Waals surface area contributed by atoms with Crippen LogP contribution in [0.3, 0.4) is 0 Å². The third-order valence-corrected chi connectivity index (χ3v) is 3.85. The molecule has 0 saturated heterocycles. The molecule has 0 radical (unpaired) electrons. The number of carboxylic acid groups (broad SMARTS) is 1. The van der Waals surface area contributed by atoms with Gasteiger partial charge in [-0.15, -0.1) is 11.3 Å². The Kier molecular flexibility index (Phi) is 3.43. The van der Waals surface area contributed by atoms with Crippen LogP contribution in [0.2, 0.25) is 0 Å². The van der Waals surface area contributed by atoms with Gasteiger partial charge in [0, 0.05) is 0 Å². The van der Waals surface area contributed by atoms with E-state index in [2.05, 4.69) is 4.98 Å². The van der Waals surface area contributed by atoms with E-state index in [4.69, 9.17) is 5.11 Å². The summed E-state index contributed by atoms with van der Waals surface area (Å²) in [4.78, 5) is 15.8. The molecular weight excluding hydrogens is 253 g/mol. The molecule has 0 atom stereocenters. The van der Waals surface area contributed by atoms with Crippen molar-refractivity contribution >= 4 is 17.3 Å². The van der Waals surface area contributed by atoms with E-state index in [0.717, 1.165) is 10.6 Å². The molecule has 0 spiro atoms. The van der Waals surface area contributed by atoms with Crippen LogP contribution in [0.15, 0.2) is 18.2 Å². The quantitative estimate of drug-likeness (QED) is 0.923. The van der Waals surface area contributed by atoms with Crippen molar-refractivity contribution in [3.05, 3.63) is 40.3 Å². The van der Waals surface area contributed by atoms with Gasteiger partial charge in [-0.25, -0.2) is 14.2 Å². The molecule has 1 aromatic heterocycles. The lowest BCUT2D eigenvalue weighted by Crippen LogP contribution is -1.99. The lowest BCUT2D eigenvalue weighted by molar-refractivity contribution is 0.0692. The van der Waals surface area contributed by atoms with Crippen LogP contribution in [-0.2, 0) is 6.42 Å². The van der Waals surface area contributed by atoms with Gasteiger partial charge in [0.15, 0.2) is 5.69 Å². The number of aromatic carboxylic acids is 1. The molecule has 0 bridgehead atoms. The van der Waals surface area contributed by atoms with Crippen LogP contribution in [-0.4, -0.2) is 16.1 Å². The highest BCUT2D eigenvalue weighted by molar-refractivity contribution is 7.15. The average Bonchev–Trinajstić information content (AvgIpc) is 2.76. The average molecular weight is 265 g/mol. The summed E-state index contributed by atoms with van der Waals surface area (Å²) in [5, 5.41) is 9.89. The van der Waals surface area contributed by atoms with Crippen molar-refractivity contribution < 1.29 is 14.3 Å². The van der Waals surface area contributed by atoms with E-state index in [-0.39, 0.29) is 11.5 Å². The van der Waals surface area contributed by atoms with Gasteiger partial charge in [-0.05, 0) is 36.6 Å². The van der Waals surface area contributed by atoms with Gasteiger partial charge >= 0.3 is 5.97 Å². The van der Waals surface area contributed by atoms with E-state index in [0.29, 0.717) is 16.9 Å². The third kappa shape index (κ3) is 2.26. The zero-order valence-electron chi connectivity index (χ0n) is 10.0. The molecule has 3 nitrogen and oxygen atoms in total. The topological polar surface area (TPSA) is 50.2 Å². The first-order valence-corrected chi connectivity index (χ1v) is 6.34. The number of hydrogen-bond acceptors (Lipinski definition) is 3. The van der Waals surface area contributed by atoms with Gasteiger partial charge in [0.05, 0.1) is 9.88 Å². The van der Waals surface area contributed by atoms with Crippen molar-refractivity contribution in [1.29, 1.82) is 0 Å². The molecule has 0 aliphatic rings. The van der Waals surface area contributed by atoms with Crippen molar-refractivity contribution in [2.24, 2.45) is 0 Å². The van der Waals surface area contributed by atoms with E-state index in [9.17, 15) is 9.18 Å². The Morgan fingerprint density at radius 1 is 1.50 bits per heavy atom. The lowest BCUT2D eigenvalue weighted by Gasteiger charge is -2.04. The van der Waals surface area contributed by atoms with E-state index in [1.165, 1.54) is 23.5 Å². The number of carboxylic acids is 1. The fourth-order valence-electron chi connectivity index (χ4n) is 1.68. The minimum atomic E-state index is -1.08. The van der Waals surface area contributed by atoms with Gasteiger partial charge in [0.25, 0.3) is 0 Å². The molecule has 5 heteroatoms. The van der Waals surface area contributed by atoms with E-state index in [1.807, 2.05) is 13.8 Å². The summed E-state index contributed by atoms with van der Waals surface area (Å²) < 4.78 is 13.3. The van der Waals surface area contributed by atoms with E-state index in [1.54, 1.807) is 6.07 Å². The van der Waals surface area contributed by atoms with Crippen molar-refractivity contribution in [1.82, 2.24) is 4.98 Å². The fraction of sp³-hybridized carbons (Fsp3) is 0.231. The molecule has 18 heavy (non-hydrogen) atoms. The third-order valence-electron chi connectivity index (χ3n) is 2.62. The van der Waals surface area contributed by atoms with E-state index < -0.39 is 5.97 Å². The summed E-state index contributed by atoms with van der Waals surface area (Å²) in [7, 11) is 0. The number of rotatable bonds is 3. The van der Waals surface area contributed by atoms with Gasteiger partial charge < -0.3 is 5.11 Å². The van der Waals surface area contributed by atoms with Crippen LogP contribution < -0.4 is 0 Å². The highest BCUT2D eigenvalue weighted by Crippen LogP contribution is 2.33. The monoisotopic (exact) mass is 265 g/mol. The van der Waals surface area contributed by atoms with Crippen LogP contribution in [0.4, 0.5) is 4.39 Å². The smallest absolute Gasteiger partial charge is 0.356 e. The van der Waals surface area contributed by atoms with Crippen molar-refractivity contribution in [3.63, 3.8) is 0 Å². The Morgan fingerprint density at radius 2 is 2.22 bits per heavy atom. The van der Waals surface area contributed by atoms with Crippen LogP contribution >= 0.6 is 11.3 Å². The van der Waals surface area contributed by atoms with Crippen LogP contribution in [0.25, 0.3) is 10.4 Å². The molecule has 0 aliphatic carbocycles. The predicted molar refractivity (Wildman–Crippen MR) is 68.6 cm³/mol. The largest absolute Gasteiger partial charge is 0.476 e. The summed E-state index contributed by atoms with van der Waals surface area (Å²) in [6.45, 7) is 3.73. The maximum atomic E-state index is 13.3. The molecule has 1 aromatic carbocycles. The molecule has 1 heterocycles. The zero-order valence-corrected chi connectivity index (χ0v) is 10.8. The predicted octanol–water partition coefficient (Wildman–Crippen LogP) is 3.52. The number of thiazole rings is 1. The first kappa shape index (κ1) is 12.7.